The van der Waals surface area contributed by atoms with Gasteiger partial charge in [-0.1, -0.05) is 46.9 Å². The maximum Gasteiger partial charge on any atom is 0.260 e. The molecule has 2 rings (SSSR count). The highest BCUT2D eigenvalue weighted by Gasteiger charge is 2.20. The van der Waals surface area contributed by atoms with Gasteiger partial charge in [-0.3, -0.25) is 9.10 Å². The molecular formula is C16H14Cl3N3O3S. The summed E-state index contributed by atoms with van der Waals surface area (Å²) in [6, 6.07) is 11.0. The van der Waals surface area contributed by atoms with Crippen LogP contribution in [-0.4, -0.2) is 33.3 Å². The van der Waals surface area contributed by atoms with E-state index in [9.17, 15) is 13.2 Å². The first-order valence-corrected chi connectivity index (χ1v) is 10.2. The monoisotopic (exact) mass is 433 g/mol. The molecule has 26 heavy (non-hydrogen) atoms. The molecule has 0 radical (unpaired) electrons. The van der Waals surface area contributed by atoms with Crippen molar-refractivity contribution in [2.45, 2.75) is 0 Å². The van der Waals surface area contributed by atoms with Crippen LogP contribution in [0.4, 0.5) is 5.69 Å². The number of nitrogens with one attached hydrogen (secondary N) is 1. The van der Waals surface area contributed by atoms with Crippen molar-refractivity contribution in [3.8, 4) is 0 Å². The average Bonchev–Trinajstić information content (AvgIpc) is 2.55. The molecule has 0 aliphatic heterocycles. The summed E-state index contributed by atoms with van der Waals surface area (Å²) in [5.74, 6) is -0.619. The molecule has 6 nitrogen and oxygen atoms in total. The molecule has 138 valence electrons. The minimum absolute atomic E-state index is 0.281. The lowest BCUT2D eigenvalue weighted by atomic mass is 10.2. The molecule has 0 spiro atoms. The summed E-state index contributed by atoms with van der Waals surface area (Å²) in [6.07, 6.45) is 2.37. The molecule has 0 aliphatic carbocycles. The minimum atomic E-state index is -3.69. The molecule has 0 saturated carbocycles. The van der Waals surface area contributed by atoms with Gasteiger partial charge in [0.2, 0.25) is 10.0 Å². The summed E-state index contributed by atoms with van der Waals surface area (Å²) >= 11 is 17.6. The van der Waals surface area contributed by atoms with Gasteiger partial charge in [0.05, 0.1) is 28.2 Å². The highest BCUT2D eigenvalue weighted by atomic mass is 35.5. The van der Waals surface area contributed by atoms with Gasteiger partial charge in [-0.05, 0) is 35.9 Å². The van der Waals surface area contributed by atoms with Crippen molar-refractivity contribution in [1.29, 1.82) is 0 Å². The Bertz CT molecular complexity index is 949. The summed E-state index contributed by atoms with van der Waals surface area (Å²) in [6.45, 7) is -0.447. The van der Waals surface area contributed by atoms with Gasteiger partial charge in [0.25, 0.3) is 5.91 Å². The first-order valence-electron chi connectivity index (χ1n) is 7.17. The maximum absolute atomic E-state index is 12.1. The molecule has 2 aromatic rings. The summed E-state index contributed by atoms with van der Waals surface area (Å²) < 4.78 is 24.9. The van der Waals surface area contributed by atoms with Crippen LogP contribution in [0.3, 0.4) is 0 Å². The summed E-state index contributed by atoms with van der Waals surface area (Å²) in [4.78, 5) is 12.1. The van der Waals surface area contributed by atoms with Crippen molar-refractivity contribution in [3.05, 3.63) is 63.1 Å². The Morgan fingerprint density at radius 2 is 1.88 bits per heavy atom. The normalized spacial score (nSPS) is 11.5. The molecule has 1 amide bonds. The second-order valence-electron chi connectivity index (χ2n) is 5.22. The Balaban J connectivity index is 2.08. The van der Waals surface area contributed by atoms with Crippen molar-refractivity contribution >= 4 is 62.6 Å². The number of sulfonamides is 1. The highest BCUT2D eigenvalue weighted by Crippen LogP contribution is 2.22. The molecule has 1 N–H and O–H groups in total. The number of amides is 1. The molecule has 0 unspecified atom stereocenters. The van der Waals surface area contributed by atoms with Crippen LogP contribution in [0.15, 0.2) is 47.6 Å². The number of hydrogen-bond donors (Lipinski definition) is 1. The topological polar surface area (TPSA) is 78.8 Å². The van der Waals surface area contributed by atoms with E-state index in [4.69, 9.17) is 34.8 Å². The van der Waals surface area contributed by atoms with E-state index in [0.29, 0.717) is 20.6 Å². The second-order valence-corrected chi connectivity index (χ2v) is 8.37. The number of carbonyl (C=O) groups is 1. The summed E-state index contributed by atoms with van der Waals surface area (Å²) in [5.41, 5.74) is 3.17. The number of halogens is 3. The quantitative estimate of drug-likeness (QED) is 0.558. The predicted octanol–water partition coefficient (Wildman–Crippen LogP) is 3.56. The Hall–Kier alpha value is -1.80. The van der Waals surface area contributed by atoms with Crippen LogP contribution in [0.25, 0.3) is 0 Å². The van der Waals surface area contributed by atoms with Gasteiger partial charge in [-0.25, -0.2) is 13.8 Å². The van der Waals surface area contributed by atoms with Gasteiger partial charge in [0.15, 0.2) is 0 Å². The first kappa shape index (κ1) is 20.5. The van der Waals surface area contributed by atoms with Crippen molar-refractivity contribution in [1.82, 2.24) is 5.43 Å². The molecule has 0 atom stereocenters. The molecule has 0 saturated heterocycles. The Kier molecular flexibility index (Phi) is 6.88. The third-order valence-corrected chi connectivity index (χ3v) is 5.24. The third kappa shape index (κ3) is 5.88. The molecule has 0 heterocycles. The van der Waals surface area contributed by atoms with Crippen LogP contribution >= 0.6 is 34.8 Å². The number of nitrogens with zero attached hydrogens (tertiary/aromatic N) is 2. The number of carbonyl (C=O) groups excluding carboxylic acids is 1. The van der Waals surface area contributed by atoms with Crippen LogP contribution in [0.5, 0.6) is 0 Å². The fourth-order valence-corrected chi connectivity index (χ4v) is 3.31. The lowest BCUT2D eigenvalue weighted by Gasteiger charge is -2.21. The summed E-state index contributed by atoms with van der Waals surface area (Å²) in [5, 5.41) is 4.89. The molecular weight excluding hydrogens is 421 g/mol. The zero-order chi connectivity index (χ0) is 19.3. The van der Waals surface area contributed by atoms with Crippen LogP contribution in [-0.2, 0) is 14.8 Å². The molecule has 0 aromatic heterocycles. The molecule has 0 fully saturated rings. The van der Waals surface area contributed by atoms with Gasteiger partial charge in [-0.15, -0.1) is 0 Å². The van der Waals surface area contributed by atoms with E-state index < -0.39 is 22.5 Å². The maximum atomic E-state index is 12.1. The SMILES string of the molecule is CS(=O)(=O)N(CC(=O)N/N=C\c1ccc(Cl)c(Cl)c1)c1cccc(Cl)c1. The van der Waals surface area contributed by atoms with E-state index >= 15 is 0 Å². The van der Waals surface area contributed by atoms with Crippen molar-refractivity contribution in [2.24, 2.45) is 5.10 Å². The fraction of sp³-hybridized carbons (Fsp3) is 0.125. The minimum Gasteiger partial charge on any atom is -0.271 e. The van der Waals surface area contributed by atoms with Crippen molar-refractivity contribution in [3.63, 3.8) is 0 Å². The van der Waals surface area contributed by atoms with E-state index in [1.54, 1.807) is 36.4 Å². The number of hydrazone groups is 1. The molecule has 0 aliphatic rings. The van der Waals surface area contributed by atoms with Gasteiger partial charge in [0, 0.05) is 5.02 Å². The molecule has 2 aromatic carbocycles. The lowest BCUT2D eigenvalue weighted by molar-refractivity contribution is -0.119. The number of rotatable bonds is 6. The fourth-order valence-electron chi connectivity index (χ4n) is 1.97. The van der Waals surface area contributed by atoms with E-state index in [0.717, 1.165) is 10.6 Å². The van der Waals surface area contributed by atoms with Gasteiger partial charge in [-0.2, -0.15) is 5.10 Å². The zero-order valence-electron chi connectivity index (χ0n) is 13.5. The standard InChI is InChI=1S/C16H14Cl3N3O3S/c1-26(24,25)22(13-4-2-3-12(17)8-13)10-16(23)21-20-9-11-5-6-14(18)15(19)7-11/h2-9H,10H2,1H3,(H,21,23)/b20-9-. The number of hydrogen-bond acceptors (Lipinski definition) is 4. The van der Waals surface area contributed by atoms with E-state index in [1.807, 2.05) is 0 Å². The Morgan fingerprint density at radius 1 is 1.15 bits per heavy atom. The predicted molar refractivity (Wildman–Crippen MR) is 106 cm³/mol. The lowest BCUT2D eigenvalue weighted by Crippen LogP contribution is -2.39. The zero-order valence-corrected chi connectivity index (χ0v) is 16.6. The van der Waals surface area contributed by atoms with E-state index in [2.05, 4.69) is 10.5 Å². The molecule has 10 heteroatoms. The van der Waals surface area contributed by atoms with Crippen LogP contribution < -0.4 is 9.73 Å². The summed E-state index contributed by atoms with van der Waals surface area (Å²) in [7, 11) is -3.69. The van der Waals surface area contributed by atoms with Crippen LogP contribution in [0, 0.1) is 0 Å². The highest BCUT2D eigenvalue weighted by molar-refractivity contribution is 7.92. The second kappa shape index (κ2) is 8.73. The van der Waals surface area contributed by atoms with Crippen LogP contribution in [0.2, 0.25) is 15.1 Å². The van der Waals surface area contributed by atoms with Crippen molar-refractivity contribution in [2.75, 3.05) is 17.1 Å². The van der Waals surface area contributed by atoms with Gasteiger partial charge < -0.3 is 0 Å². The van der Waals surface area contributed by atoms with Gasteiger partial charge >= 0.3 is 0 Å². The largest absolute Gasteiger partial charge is 0.271 e. The smallest absolute Gasteiger partial charge is 0.260 e. The number of benzene rings is 2. The first-order chi connectivity index (χ1) is 12.2. The van der Waals surface area contributed by atoms with Crippen molar-refractivity contribution < 1.29 is 13.2 Å². The Morgan fingerprint density at radius 3 is 2.50 bits per heavy atom. The van der Waals surface area contributed by atoms with E-state index in [1.165, 1.54) is 12.3 Å². The molecule has 0 bridgehead atoms. The average molecular weight is 435 g/mol. The van der Waals surface area contributed by atoms with Gasteiger partial charge in [0.1, 0.15) is 6.54 Å². The van der Waals surface area contributed by atoms with Crippen LogP contribution in [0.1, 0.15) is 5.56 Å². The Labute approximate surface area is 166 Å². The van der Waals surface area contributed by atoms with E-state index in [-0.39, 0.29) is 5.69 Å². The third-order valence-electron chi connectivity index (χ3n) is 3.13. The number of anilines is 1.